The van der Waals surface area contributed by atoms with E-state index in [9.17, 15) is 9.59 Å². The van der Waals surface area contributed by atoms with Crippen LogP contribution in [-0.2, 0) is 9.59 Å². The predicted molar refractivity (Wildman–Crippen MR) is 59.2 cm³/mol. The summed E-state index contributed by atoms with van der Waals surface area (Å²) in [7, 11) is 0. The van der Waals surface area contributed by atoms with E-state index in [0.717, 1.165) is 0 Å². The second-order valence-electron chi connectivity index (χ2n) is 2.99. The van der Waals surface area contributed by atoms with Crippen LogP contribution in [-0.4, -0.2) is 25.0 Å². The van der Waals surface area contributed by atoms with Gasteiger partial charge in [-0.2, -0.15) is 0 Å². The summed E-state index contributed by atoms with van der Waals surface area (Å²) in [4.78, 5) is 21.5. The number of primary amides is 1. The van der Waals surface area contributed by atoms with Crippen molar-refractivity contribution < 1.29 is 14.3 Å². The molecule has 6 heteroatoms. The van der Waals surface area contributed by atoms with Crippen molar-refractivity contribution in [2.24, 2.45) is 5.73 Å². The first kappa shape index (κ1) is 12.3. The molecule has 0 saturated heterocycles. The van der Waals surface area contributed by atoms with Crippen LogP contribution in [0.2, 0.25) is 5.02 Å². The largest absolute Gasteiger partial charge is 0.484 e. The molecule has 0 fully saturated rings. The number of nitrogens with one attached hydrogen (secondary N) is 1. The van der Waals surface area contributed by atoms with Crippen LogP contribution >= 0.6 is 11.6 Å². The molecule has 0 unspecified atom stereocenters. The first-order valence-corrected chi connectivity index (χ1v) is 4.89. The highest BCUT2D eigenvalue weighted by Gasteiger charge is 2.03. The molecule has 2 amide bonds. The molecule has 1 aromatic carbocycles. The van der Waals surface area contributed by atoms with Gasteiger partial charge in [0.2, 0.25) is 5.91 Å². The Kier molecular flexibility index (Phi) is 4.60. The van der Waals surface area contributed by atoms with Gasteiger partial charge in [0.1, 0.15) is 5.75 Å². The van der Waals surface area contributed by atoms with E-state index in [1.807, 2.05) is 0 Å². The fraction of sp³-hybridized carbons (Fsp3) is 0.200. The highest BCUT2D eigenvalue weighted by Crippen LogP contribution is 2.16. The topological polar surface area (TPSA) is 81.4 Å². The molecular weight excluding hydrogens is 232 g/mol. The third-order valence-corrected chi connectivity index (χ3v) is 1.86. The van der Waals surface area contributed by atoms with Crippen molar-refractivity contribution in [3.05, 3.63) is 29.3 Å². The summed E-state index contributed by atoms with van der Waals surface area (Å²) in [6, 6.07) is 6.66. The highest BCUT2D eigenvalue weighted by molar-refractivity contribution is 6.30. The van der Waals surface area contributed by atoms with Gasteiger partial charge in [-0.15, -0.1) is 0 Å². The molecule has 0 aliphatic rings. The van der Waals surface area contributed by atoms with Gasteiger partial charge in [-0.05, 0) is 18.2 Å². The zero-order chi connectivity index (χ0) is 12.0. The van der Waals surface area contributed by atoms with E-state index < -0.39 is 11.8 Å². The van der Waals surface area contributed by atoms with E-state index in [0.29, 0.717) is 10.8 Å². The van der Waals surface area contributed by atoms with Crippen molar-refractivity contribution in [2.45, 2.75) is 0 Å². The van der Waals surface area contributed by atoms with Crippen molar-refractivity contribution in [3.8, 4) is 5.75 Å². The Morgan fingerprint density at radius 3 is 2.81 bits per heavy atom. The summed E-state index contributed by atoms with van der Waals surface area (Å²) in [6.07, 6.45) is 0. The van der Waals surface area contributed by atoms with Crippen molar-refractivity contribution in [1.82, 2.24) is 5.32 Å². The monoisotopic (exact) mass is 242 g/mol. The van der Waals surface area contributed by atoms with Gasteiger partial charge >= 0.3 is 0 Å². The number of carbonyl (C=O) groups excluding carboxylic acids is 2. The molecule has 1 rings (SSSR count). The Balaban J connectivity index is 2.34. The summed E-state index contributed by atoms with van der Waals surface area (Å²) in [5, 5.41) is 2.82. The molecule has 0 heterocycles. The maximum atomic E-state index is 11.1. The fourth-order valence-electron chi connectivity index (χ4n) is 0.942. The molecule has 0 bridgehead atoms. The van der Waals surface area contributed by atoms with Gasteiger partial charge < -0.3 is 15.8 Å². The molecule has 86 valence electrons. The van der Waals surface area contributed by atoms with Crippen LogP contribution in [0.15, 0.2) is 24.3 Å². The quantitative estimate of drug-likeness (QED) is 0.780. The second-order valence-corrected chi connectivity index (χ2v) is 3.43. The summed E-state index contributed by atoms with van der Waals surface area (Å²) in [6.45, 7) is -0.384. The van der Waals surface area contributed by atoms with Crippen LogP contribution in [0.3, 0.4) is 0 Å². The van der Waals surface area contributed by atoms with Crippen LogP contribution in [0.1, 0.15) is 0 Å². The number of amides is 2. The van der Waals surface area contributed by atoms with Gasteiger partial charge in [-0.1, -0.05) is 17.7 Å². The van der Waals surface area contributed by atoms with Crippen molar-refractivity contribution in [2.75, 3.05) is 13.2 Å². The second kappa shape index (κ2) is 5.97. The molecule has 0 saturated carbocycles. The summed E-state index contributed by atoms with van der Waals surface area (Å²) < 4.78 is 5.13. The average molecular weight is 243 g/mol. The average Bonchev–Trinajstić information content (AvgIpc) is 2.23. The van der Waals surface area contributed by atoms with E-state index in [1.165, 1.54) is 0 Å². The molecule has 3 N–H and O–H groups in total. The molecule has 0 aliphatic carbocycles. The lowest BCUT2D eigenvalue weighted by Gasteiger charge is -2.06. The SMILES string of the molecule is NC(=O)CNC(=O)COc1cccc(Cl)c1. The van der Waals surface area contributed by atoms with Gasteiger partial charge in [0.15, 0.2) is 6.61 Å². The number of benzene rings is 1. The van der Waals surface area contributed by atoms with Crippen molar-refractivity contribution in [3.63, 3.8) is 0 Å². The minimum absolute atomic E-state index is 0.187. The lowest BCUT2D eigenvalue weighted by Crippen LogP contribution is -2.36. The lowest BCUT2D eigenvalue weighted by molar-refractivity contribution is -0.126. The number of hydrogen-bond donors (Lipinski definition) is 2. The molecule has 0 aliphatic heterocycles. The summed E-state index contributed by atoms with van der Waals surface area (Å²) in [5.74, 6) is -0.531. The van der Waals surface area contributed by atoms with Crippen molar-refractivity contribution in [1.29, 1.82) is 0 Å². The zero-order valence-corrected chi connectivity index (χ0v) is 9.16. The Morgan fingerprint density at radius 1 is 1.44 bits per heavy atom. The van der Waals surface area contributed by atoms with Crippen LogP contribution in [0.4, 0.5) is 0 Å². The normalized spacial score (nSPS) is 9.56. The number of nitrogens with two attached hydrogens (primary N) is 1. The summed E-state index contributed by atoms with van der Waals surface area (Å²) in [5.41, 5.74) is 4.86. The van der Waals surface area contributed by atoms with E-state index in [2.05, 4.69) is 5.32 Å². The minimum atomic E-state index is -0.601. The molecule has 1 aromatic rings. The van der Waals surface area contributed by atoms with Gasteiger partial charge in [0, 0.05) is 5.02 Å². The third-order valence-electron chi connectivity index (χ3n) is 1.63. The van der Waals surface area contributed by atoms with Crippen LogP contribution < -0.4 is 15.8 Å². The molecule has 0 spiro atoms. The van der Waals surface area contributed by atoms with Gasteiger partial charge in [-0.25, -0.2) is 0 Å². The van der Waals surface area contributed by atoms with E-state index in [4.69, 9.17) is 22.1 Å². The number of ether oxygens (including phenoxy) is 1. The number of rotatable bonds is 5. The Bertz CT molecular complexity index is 395. The van der Waals surface area contributed by atoms with Gasteiger partial charge in [0.25, 0.3) is 5.91 Å². The standard InChI is InChI=1S/C10H11ClN2O3/c11-7-2-1-3-8(4-7)16-6-10(15)13-5-9(12)14/h1-4H,5-6H2,(H2,12,14)(H,13,15). The van der Waals surface area contributed by atoms with Gasteiger partial charge in [-0.3, -0.25) is 9.59 Å². The molecule has 0 radical (unpaired) electrons. The maximum Gasteiger partial charge on any atom is 0.258 e. The molecule has 5 nitrogen and oxygen atoms in total. The summed E-state index contributed by atoms with van der Waals surface area (Å²) >= 11 is 5.72. The number of hydrogen-bond acceptors (Lipinski definition) is 3. The predicted octanol–water partition coefficient (Wildman–Crippen LogP) is 0.320. The third kappa shape index (κ3) is 4.65. The Hall–Kier alpha value is -1.75. The first-order chi connectivity index (χ1) is 7.58. The molecular formula is C10H11ClN2O3. The van der Waals surface area contributed by atoms with Crippen molar-refractivity contribution >= 4 is 23.4 Å². The number of halogens is 1. The van der Waals surface area contributed by atoms with E-state index >= 15 is 0 Å². The zero-order valence-electron chi connectivity index (χ0n) is 8.40. The first-order valence-electron chi connectivity index (χ1n) is 4.51. The fourth-order valence-corrected chi connectivity index (χ4v) is 1.12. The maximum absolute atomic E-state index is 11.1. The van der Waals surface area contributed by atoms with Crippen LogP contribution in [0, 0.1) is 0 Å². The minimum Gasteiger partial charge on any atom is -0.484 e. The highest BCUT2D eigenvalue weighted by atomic mass is 35.5. The Labute approximate surface area is 97.5 Å². The molecule has 0 aromatic heterocycles. The van der Waals surface area contributed by atoms with Crippen LogP contribution in [0.5, 0.6) is 5.75 Å². The molecule has 0 atom stereocenters. The lowest BCUT2D eigenvalue weighted by atomic mass is 10.3. The van der Waals surface area contributed by atoms with E-state index in [1.54, 1.807) is 24.3 Å². The molecule has 16 heavy (non-hydrogen) atoms. The van der Waals surface area contributed by atoms with Gasteiger partial charge in [0.05, 0.1) is 6.54 Å². The van der Waals surface area contributed by atoms with E-state index in [-0.39, 0.29) is 13.2 Å². The smallest absolute Gasteiger partial charge is 0.258 e. The Morgan fingerprint density at radius 2 is 2.19 bits per heavy atom. The number of carbonyl (C=O) groups is 2. The van der Waals surface area contributed by atoms with Crippen LogP contribution in [0.25, 0.3) is 0 Å².